The zero-order valence-electron chi connectivity index (χ0n) is 10.5. The lowest BCUT2D eigenvalue weighted by Gasteiger charge is -2.19. The first-order valence-electron chi connectivity index (χ1n) is 5.77. The summed E-state index contributed by atoms with van der Waals surface area (Å²) in [6.07, 6.45) is 0. The van der Waals surface area contributed by atoms with E-state index in [4.69, 9.17) is 5.73 Å². The second-order valence-corrected chi connectivity index (χ2v) is 4.16. The van der Waals surface area contributed by atoms with Crippen LogP contribution in [0.1, 0.15) is 11.3 Å². The second-order valence-electron chi connectivity index (χ2n) is 4.16. The first-order valence-corrected chi connectivity index (χ1v) is 5.77. The third kappa shape index (κ3) is 2.49. The van der Waals surface area contributed by atoms with Gasteiger partial charge in [-0.05, 0) is 36.8 Å². The van der Waals surface area contributed by atoms with Crippen molar-refractivity contribution in [2.75, 3.05) is 11.9 Å². The standard InChI is InChI=1S/C14H16FN3/c1-10-11(9-16)6-7-14(17-10)18(2)13-5-3-4-12(15)8-13/h3-8H,9,16H2,1-2H3. The maximum atomic E-state index is 13.2. The van der Waals surface area contributed by atoms with Gasteiger partial charge in [0.1, 0.15) is 11.6 Å². The third-order valence-electron chi connectivity index (χ3n) is 2.94. The van der Waals surface area contributed by atoms with E-state index in [0.29, 0.717) is 6.54 Å². The lowest BCUT2D eigenvalue weighted by atomic mass is 10.2. The van der Waals surface area contributed by atoms with E-state index < -0.39 is 0 Å². The summed E-state index contributed by atoms with van der Waals surface area (Å²) in [5.74, 6) is 0.518. The molecule has 0 saturated carbocycles. The van der Waals surface area contributed by atoms with Crippen molar-refractivity contribution in [1.82, 2.24) is 4.98 Å². The van der Waals surface area contributed by atoms with Crippen molar-refractivity contribution in [2.45, 2.75) is 13.5 Å². The van der Waals surface area contributed by atoms with E-state index >= 15 is 0 Å². The summed E-state index contributed by atoms with van der Waals surface area (Å²) in [6, 6.07) is 10.3. The molecule has 18 heavy (non-hydrogen) atoms. The molecular formula is C14H16FN3. The Morgan fingerprint density at radius 2 is 2.06 bits per heavy atom. The van der Waals surface area contributed by atoms with Crippen LogP contribution in [0.3, 0.4) is 0 Å². The second kappa shape index (κ2) is 5.14. The van der Waals surface area contributed by atoms with E-state index in [0.717, 1.165) is 22.8 Å². The van der Waals surface area contributed by atoms with Crippen LogP contribution < -0.4 is 10.6 Å². The van der Waals surface area contributed by atoms with Gasteiger partial charge in [-0.1, -0.05) is 12.1 Å². The summed E-state index contributed by atoms with van der Waals surface area (Å²) in [4.78, 5) is 6.32. The third-order valence-corrected chi connectivity index (χ3v) is 2.94. The van der Waals surface area contributed by atoms with Crippen LogP contribution in [0.15, 0.2) is 36.4 Å². The fourth-order valence-electron chi connectivity index (χ4n) is 1.80. The van der Waals surface area contributed by atoms with Crippen molar-refractivity contribution in [1.29, 1.82) is 0 Å². The van der Waals surface area contributed by atoms with Crippen LogP contribution in [0, 0.1) is 12.7 Å². The topological polar surface area (TPSA) is 42.2 Å². The Kier molecular flexibility index (Phi) is 3.58. The minimum absolute atomic E-state index is 0.255. The zero-order valence-corrected chi connectivity index (χ0v) is 10.5. The summed E-state index contributed by atoms with van der Waals surface area (Å²) in [5.41, 5.74) is 8.29. The van der Waals surface area contributed by atoms with Gasteiger partial charge in [0, 0.05) is 25.0 Å². The monoisotopic (exact) mass is 245 g/mol. The Balaban J connectivity index is 2.34. The number of pyridine rings is 1. The molecule has 2 aromatic rings. The van der Waals surface area contributed by atoms with Crippen LogP contribution in [0.4, 0.5) is 15.9 Å². The SMILES string of the molecule is Cc1nc(N(C)c2cccc(F)c2)ccc1CN. The molecular weight excluding hydrogens is 229 g/mol. The highest BCUT2D eigenvalue weighted by atomic mass is 19.1. The van der Waals surface area contributed by atoms with Gasteiger partial charge in [0.05, 0.1) is 0 Å². The van der Waals surface area contributed by atoms with Crippen LogP contribution in [0.5, 0.6) is 0 Å². The molecule has 0 amide bonds. The first kappa shape index (κ1) is 12.5. The summed E-state index contributed by atoms with van der Waals surface area (Å²) >= 11 is 0. The molecule has 4 heteroatoms. The summed E-state index contributed by atoms with van der Waals surface area (Å²) in [5, 5.41) is 0. The maximum absolute atomic E-state index is 13.2. The van der Waals surface area contributed by atoms with Gasteiger partial charge in [0.25, 0.3) is 0 Å². The number of nitrogens with zero attached hydrogens (tertiary/aromatic N) is 2. The molecule has 0 bridgehead atoms. The molecule has 1 aromatic carbocycles. The van der Waals surface area contributed by atoms with Crippen molar-refractivity contribution < 1.29 is 4.39 Å². The van der Waals surface area contributed by atoms with E-state index in [2.05, 4.69) is 4.98 Å². The number of aromatic nitrogens is 1. The van der Waals surface area contributed by atoms with E-state index in [-0.39, 0.29) is 5.82 Å². The van der Waals surface area contributed by atoms with Gasteiger partial charge in [-0.15, -0.1) is 0 Å². The number of hydrogen-bond donors (Lipinski definition) is 1. The molecule has 0 radical (unpaired) electrons. The number of hydrogen-bond acceptors (Lipinski definition) is 3. The van der Waals surface area contributed by atoms with Crippen LogP contribution in [0.25, 0.3) is 0 Å². The molecule has 0 saturated heterocycles. The van der Waals surface area contributed by atoms with Gasteiger partial charge in [-0.25, -0.2) is 9.37 Å². The number of nitrogens with two attached hydrogens (primary N) is 1. The number of benzene rings is 1. The molecule has 2 N–H and O–H groups in total. The fraction of sp³-hybridized carbons (Fsp3) is 0.214. The largest absolute Gasteiger partial charge is 0.329 e. The maximum Gasteiger partial charge on any atom is 0.132 e. The van der Waals surface area contributed by atoms with Crippen LogP contribution >= 0.6 is 0 Å². The fourth-order valence-corrected chi connectivity index (χ4v) is 1.80. The highest BCUT2D eigenvalue weighted by Crippen LogP contribution is 2.23. The minimum Gasteiger partial charge on any atom is -0.329 e. The van der Waals surface area contributed by atoms with Gasteiger partial charge in [0.2, 0.25) is 0 Å². The Morgan fingerprint density at radius 1 is 1.28 bits per heavy atom. The van der Waals surface area contributed by atoms with Gasteiger partial charge >= 0.3 is 0 Å². The van der Waals surface area contributed by atoms with E-state index in [1.54, 1.807) is 6.07 Å². The molecule has 0 atom stereocenters. The van der Waals surface area contributed by atoms with E-state index in [1.807, 2.05) is 37.1 Å². The molecule has 2 rings (SSSR count). The van der Waals surface area contributed by atoms with Gasteiger partial charge in [-0.2, -0.15) is 0 Å². The molecule has 94 valence electrons. The normalized spacial score (nSPS) is 10.4. The molecule has 1 aromatic heterocycles. The Morgan fingerprint density at radius 3 is 2.67 bits per heavy atom. The molecule has 0 aliphatic rings. The lowest BCUT2D eigenvalue weighted by Crippen LogP contribution is -2.13. The van der Waals surface area contributed by atoms with Gasteiger partial charge < -0.3 is 10.6 Å². The molecule has 0 unspecified atom stereocenters. The predicted molar refractivity (Wildman–Crippen MR) is 71.3 cm³/mol. The Bertz CT molecular complexity index is 554. The molecule has 0 aliphatic heterocycles. The van der Waals surface area contributed by atoms with Crippen molar-refractivity contribution in [3.8, 4) is 0 Å². The molecule has 3 nitrogen and oxygen atoms in total. The summed E-state index contributed by atoms with van der Waals surface area (Å²) < 4.78 is 13.2. The average molecular weight is 245 g/mol. The van der Waals surface area contributed by atoms with Crippen molar-refractivity contribution in [3.63, 3.8) is 0 Å². The average Bonchev–Trinajstić information content (AvgIpc) is 2.37. The molecule has 0 aliphatic carbocycles. The predicted octanol–water partition coefficient (Wildman–Crippen LogP) is 2.76. The van der Waals surface area contributed by atoms with Crippen LogP contribution in [0.2, 0.25) is 0 Å². The van der Waals surface area contributed by atoms with Gasteiger partial charge in [0.15, 0.2) is 0 Å². The summed E-state index contributed by atoms with van der Waals surface area (Å²) in [7, 11) is 1.86. The lowest BCUT2D eigenvalue weighted by molar-refractivity contribution is 0.628. The zero-order chi connectivity index (χ0) is 13.1. The van der Waals surface area contributed by atoms with Crippen LogP contribution in [-0.4, -0.2) is 12.0 Å². The molecule has 0 spiro atoms. The smallest absolute Gasteiger partial charge is 0.132 e. The Hall–Kier alpha value is -1.94. The molecule has 1 heterocycles. The number of aryl methyl sites for hydroxylation is 1. The minimum atomic E-state index is -0.255. The first-order chi connectivity index (χ1) is 8.61. The molecule has 0 fully saturated rings. The Labute approximate surface area is 106 Å². The number of anilines is 2. The number of halogens is 1. The van der Waals surface area contributed by atoms with Crippen molar-refractivity contribution in [2.24, 2.45) is 5.73 Å². The van der Waals surface area contributed by atoms with Gasteiger partial charge in [-0.3, -0.25) is 0 Å². The highest BCUT2D eigenvalue weighted by Gasteiger charge is 2.07. The summed E-state index contributed by atoms with van der Waals surface area (Å²) in [6.45, 7) is 2.40. The number of rotatable bonds is 3. The van der Waals surface area contributed by atoms with Crippen molar-refractivity contribution in [3.05, 3.63) is 53.5 Å². The van der Waals surface area contributed by atoms with E-state index in [1.165, 1.54) is 12.1 Å². The highest BCUT2D eigenvalue weighted by molar-refractivity contribution is 5.59. The quantitative estimate of drug-likeness (QED) is 0.904. The van der Waals surface area contributed by atoms with Crippen molar-refractivity contribution >= 4 is 11.5 Å². The van der Waals surface area contributed by atoms with E-state index in [9.17, 15) is 4.39 Å². The van der Waals surface area contributed by atoms with Crippen LogP contribution in [-0.2, 0) is 6.54 Å².